The molecule has 0 spiro atoms. The molecule has 0 aliphatic rings. The summed E-state index contributed by atoms with van der Waals surface area (Å²) in [6, 6.07) is 7.37. The second-order valence-electron chi connectivity index (χ2n) is 4.49. The zero-order valence-corrected chi connectivity index (χ0v) is 11.7. The molecule has 1 amide bonds. The summed E-state index contributed by atoms with van der Waals surface area (Å²) >= 11 is 0. The Labute approximate surface area is 118 Å². The van der Waals surface area contributed by atoms with E-state index in [0.717, 1.165) is 5.69 Å². The molecule has 1 rings (SSSR count). The fourth-order valence-electron chi connectivity index (χ4n) is 1.71. The van der Waals surface area contributed by atoms with Gasteiger partial charge in [0.2, 0.25) is 5.91 Å². The molecule has 6 heteroatoms. The third-order valence-electron chi connectivity index (χ3n) is 2.59. The first-order valence-corrected chi connectivity index (χ1v) is 6.39. The number of anilines is 2. The maximum Gasteiger partial charge on any atom is 0.303 e. The molecule has 6 nitrogen and oxygen atoms in total. The van der Waals surface area contributed by atoms with Crippen LogP contribution >= 0.6 is 0 Å². The van der Waals surface area contributed by atoms with Crippen molar-refractivity contribution in [1.29, 1.82) is 0 Å². The van der Waals surface area contributed by atoms with Crippen LogP contribution in [0.5, 0.6) is 0 Å². The monoisotopic (exact) mass is 280 g/mol. The van der Waals surface area contributed by atoms with Crippen molar-refractivity contribution in [2.45, 2.75) is 25.8 Å². The van der Waals surface area contributed by atoms with Crippen LogP contribution in [0.1, 0.15) is 19.8 Å². The summed E-state index contributed by atoms with van der Waals surface area (Å²) in [7, 11) is 1.62. The van der Waals surface area contributed by atoms with Crippen molar-refractivity contribution in [2.75, 3.05) is 24.4 Å². The lowest BCUT2D eigenvalue weighted by Gasteiger charge is -2.17. The van der Waals surface area contributed by atoms with Crippen molar-refractivity contribution in [1.82, 2.24) is 0 Å². The lowest BCUT2D eigenvalue weighted by molar-refractivity contribution is -0.138. The smallest absolute Gasteiger partial charge is 0.303 e. The number of carboxylic acid groups (broad SMARTS) is 1. The summed E-state index contributed by atoms with van der Waals surface area (Å²) in [6.45, 7) is 2.51. The Morgan fingerprint density at radius 1 is 1.25 bits per heavy atom. The van der Waals surface area contributed by atoms with Gasteiger partial charge in [0.1, 0.15) is 0 Å². The van der Waals surface area contributed by atoms with Gasteiger partial charge in [-0.05, 0) is 19.1 Å². The van der Waals surface area contributed by atoms with Crippen LogP contribution in [0.2, 0.25) is 0 Å². The molecule has 1 aromatic rings. The largest absolute Gasteiger partial charge is 0.481 e. The molecule has 3 N–H and O–H groups in total. The highest BCUT2D eigenvalue weighted by molar-refractivity contribution is 5.95. The summed E-state index contributed by atoms with van der Waals surface area (Å²) in [5, 5.41) is 14.5. The number of carboxylic acids is 1. The molecule has 0 radical (unpaired) electrons. The average molecular weight is 280 g/mol. The molecule has 1 aromatic carbocycles. The van der Waals surface area contributed by atoms with Crippen molar-refractivity contribution >= 4 is 23.3 Å². The Balaban J connectivity index is 2.65. The van der Waals surface area contributed by atoms with Crippen molar-refractivity contribution < 1.29 is 19.4 Å². The number of carbonyl (C=O) groups excluding carboxylic acids is 1. The quantitative estimate of drug-likeness (QED) is 0.677. The molecule has 0 aliphatic carbocycles. The van der Waals surface area contributed by atoms with Crippen molar-refractivity contribution in [3.8, 4) is 0 Å². The second-order valence-corrected chi connectivity index (χ2v) is 4.49. The molecule has 0 aromatic heterocycles. The third kappa shape index (κ3) is 5.71. The van der Waals surface area contributed by atoms with E-state index in [-0.39, 0.29) is 24.8 Å². The Morgan fingerprint density at radius 2 is 1.90 bits per heavy atom. The number of hydrogen-bond donors (Lipinski definition) is 3. The predicted octanol–water partition coefficient (Wildman–Crippen LogP) is 1.94. The standard InChI is InChI=1S/C14H20N2O4/c1-10(9-20-2)15-11-5-3-4-6-12(11)16-13(17)7-8-14(18)19/h3-6,10,15H,7-9H2,1-2H3,(H,16,17)(H,18,19). The van der Waals surface area contributed by atoms with Crippen LogP contribution in [0.25, 0.3) is 0 Å². The molecule has 20 heavy (non-hydrogen) atoms. The predicted molar refractivity (Wildman–Crippen MR) is 76.9 cm³/mol. The van der Waals surface area contributed by atoms with E-state index >= 15 is 0 Å². The van der Waals surface area contributed by atoms with E-state index in [9.17, 15) is 9.59 Å². The zero-order valence-electron chi connectivity index (χ0n) is 11.7. The summed E-state index contributed by atoms with van der Waals surface area (Å²) in [6.07, 6.45) is -0.223. The van der Waals surface area contributed by atoms with Gasteiger partial charge in [0, 0.05) is 19.6 Å². The van der Waals surface area contributed by atoms with E-state index in [2.05, 4.69) is 10.6 Å². The van der Waals surface area contributed by atoms with Gasteiger partial charge in [0.05, 0.1) is 24.4 Å². The molecule has 0 heterocycles. The van der Waals surface area contributed by atoms with Crippen LogP contribution in [0.4, 0.5) is 11.4 Å². The maximum atomic E-state index is 11.7. The maximum absolute atomic E-state index is 11.7. The number of methoxy groups -OCH3 is 1. The normalized spacial score (nSPS) is 11.7. The molecule has 0 bridgehead atoms. The number of nitrogens with one attached hydrogen (secondary N) is 2. The van der Waals surface area contributed by atoms with Gasteiger partial charge < -0.3 is 20.5 Å². The van der Waals surface area contributed by atoms with Gasteiger partial charge >= 0.3 is 5.97 Å². The molecule has 1 unspecified atom stereocenters. The number of ether oxygens (including phenoxy) is 1. The Bertz CT molecular complexity index is 462. The second kappa shape index (κ2) is 8.16. The number of carbonyl (C=O) groups is 2. The minimum absolute atomic E-state index is 0.0444. The lowest BCUT2D eigenvalue weighted by Crippen LogP contribution is -2.22. The minimum atomic E-state index is -0.986. The SMILES string of the molecule is COCC(C)Nc1ccccc1NC(=O)CCC(=O)O. The molecule has 0 saturated heterocycles. The van der Waals surface area contributed by atoms with Crippen molar-refractivity contribution in [2.24, 2.45) is 0 Å². The first-order chi connectivity index (χ1) is 9.52. The van der Waals surface area contributed by atoms with Crippen LogP contribution in [-0.2, 0) is 14.3 Å². The summed E-state index contributed by atoms with van der Waals surface area (Å²) in [5.41, 5.74) is 1.41. The van der Waals surface area contributed by atoms with Gasteiger partial charge in [-0.25, -0.2) is 0 Å². The lowest BCUT2D eigenvalue weighted by atomic mass is 10.2. The van der Waals surface area contributed by atoms with E-state index in [4.69, 9.17) is 9.84 Å². The number of amides is 1. The van der Waals surface area contributed by atoms with Gasteiger partial charge in [0.25, 0.3) is 0 Å². The molecule has 110 valence electrons. The van der Waals surface area contributed by atoms with Crippen LogP contribution in [0.3, 0.4) is 0 Å². The average Bonchev–Trinajstić information content (AvgIpc) is 2.39. The highest BCUT2D eigenvalue weighted by Gasteiger charge is 2.10. The molecule has 0 fully saturated rings. The number of benzene rings is 1. The number of rotatable bonds is 8. The fraction of sp³-hybridized carbons (Fsp3) is 0.429. The van der Waals surface area contributed by atoms with E-state index < -0.39 is 5.97 Å². The highest BCUT2D eigenvalue weighted by atomic mass is 16.5. The Morgan fingerprint density at radius 3 is 2.50 bits per heavy atom. The van der Waals surface area contributed by atoms with E-state index in [1.807, 2.05) is 19.1 Å². The molecular weight excluding hydrogens is 260 g/mol. The topological polar surface area (TPSA) is 87.7 Å². The molecule has 1 atom stereocenters. The summed E-state index contributed by atoms with van der Waals surface area (Å²) in [4.78, 5) is 22.1. The number of aliphatic carboxylic acids is 1. The Kier molecular flexibility index (Phi) is 6.52. The Hall–Kier alpha value is -2.08. The van der Waals surface area contributed by atoms with Crippen LogP contribution < -0.4 is 10.6 Å². The van der Waals surface area contributed by atoms with Gasteiger partial charge in [-0.15, -0.1) is 0 Å². The number of hydrogen-bond acceptors (Lipinski definition) is 4. The summed E-state index contributed by atoms with van der Waals surface area (Å²) in [5.74, 6) is -1.30. The first kappa shape index (κ1) is 16.0. The van der Waals surface area contributed by atoms with Gasteiger partial charge in [-0.2, -0.15) is 0 Å². The van der Waals surface area contributed by atoms with Crippen molar-refractivity contribution in [3.05, 3.63) is 24.3 Å². The highest BCUT2D eigenvalue weighted by Crippen LogP contribution is 2.22. The zero-order chi connectivity index (χ0) is 15.0. The molecular formula is C14H20N2O4. The fourth-order valence-corrected chi connectivity index (χ4v) is 1.71. The minimum Gasteiger partial charge on any atom is -0.481 e. The van der Waals surface area contributed by atoms with Crippen LogP contribution in [0.15, 0.2) is 24.3 Å². The number of para-hydroxylation sites is 2. The van der Waals surface area contributed by atoms with Gasteiger partial charge in [-0.3, -0.25) is 9.59 Å². The van der Waals surface area contributed by atoms with Crippen LogP contribution in [-0.4, -0.2) is 36.7 Å². The van der Waals surface area contributed by atoms with Gasteiger partial charge in [-0.1, -0.05) is 12.1 Å². The first-order valence-electron chi connectivity index (χ1n) is 6.39. The summed E-state index contributed by atoms with van der Waals surface area (Å²) < 4.78 is 5.05. The third-order valence-corrected chi connectivity index (χ3v) is 2.59. The van der Waals surface area contributed by atoms with E-state index in [0.29, 0.717) is 12.3 Å². The van der Waals surface area contributed by atoms with Crippen LogP contribution in [0, 0.1) is 0 Å². The molecule has 0 aliphatic heterocycles. The van der Waals surface area contributed by atoms with Gasteiger partial charge in [0.15, 0.2) is 0 Å². The molecule has 0 saturated carbocycles. The van der Waals surface area contributed by atoms with E-state index in [1.54, 1.807) is 19.2 Å². The van der Waals surface area contributed by atoms with E-state index in [1.165, 1.54) is 0 Å². The van der Waals surface area contributed by atoms with Crippen molar-refractivity contribution in [3.63, 3.8) is 0 Å².